The standard InChI is InChI=1S/C17H17N5O/c1-2-7-22-12-19-20-16(22)11-21-8-6-18-17(21)14-3-4-15-13(10-14)5-9-23-15/h3-6,8-10,12H,2,7,11H2,1H3. The lowest BCUT2D eigenvalue weighted by Gasteiger charge is -2.09. The van der Waals surface area contributed by atoms with E-state index >= 15 is 0 Å². The van der Waals surface area contributed by atoms with Crippen molar-refractivity contribution in [3.05, 3.63) is 55.1 Å². The normalized spacial score (nSPS) is 11.3. The molecule has 0 radical (unpaired) electrons. The van der Waals surface area contributed by atoms with Crippen LogP contribution in [0.5, 0.6) is 0 Å². The molecule has 0 aliphatic rings. The Morgan fingerprint density at radius 3 is 3.04 bits per heavy atom. The molecule has 3 heterocycles. The summed E-state index contributed by atoms with van der Waals surface area (Å²) in [6.07, 6.45) is 8.33. The van der Waals surface area contributed by atoms with Crippen LogP contribution >= 0.6 is 0 Å². The van der Waals surface area contributed by atoms with Gasteiger partial charge in [-0.05, 0) is 30.7 Å². The first-order chi connectivity index (χ1) is 11.3. The Kier molecular flexibility index (Phi) is 3.42. The van der Waals surface area contributed by atoms with Crippen molar-refractivity contribution in [1.29, 1.82) is 0 Å². The minimum atomic E-state index is 0.652. The maximum Gasteiger partial charge on any atom is 0.152 e. The molecule has 1 aromatic carbocycles. The molecule has 0 fully saturated rings. The van der Waals surface area contributed by atoms with E-state index in [2.05, 4.69) is 37.3 Å². The second kappa shape index (κ2) is 5.72. The second-order valence-corrected chi connectivity index (χ2v) is 5.49. The van der Waals surface area contributed by atoms with Gasteiger partial charge < -0.3 is 13.6 Å². The highest BCUT2D eigenvalue weighted by molar-refractivity contribution is 5.82. The Hall–Kier alpha value is -2.89. The Labute approximate surface area is 133 Å². The molecule has 0 aliphatic heterocycles. The average molecular weight is 307 g/mol. The van der Waals surface area contributed by atoms with Crippen LogP contribution in [-0.4, -0.2) is 24.3 Å². The van der Waals surface area contributed by atoms with E-state index in [1.54, 1.807) is 12.6 Å². The molecule has 23 heavy (non-hydrogen) atoms. The van der Waals surface area contributed by atoms with Gasteiger partial charge in [0.05, 0.1) is 12.8 Å². The molecule has 0 amide bonds. The summed E-state index contributed by atoms with van der Waals surface area (Å²) in [6.45, 7) is 3.72. The highest BCUT2D eigenvalue weighted by Gasteiger charge is 2.11. The summed E-state index contributed by atoms with van der Waals surface area (Å²) in [6, 6.07) is 8.06. The number of imidazole rings is 1. The number of rotatable bonds is 5. The number of hydrogen-bond acceptors (Lipinski definition) is 4. The summed E-state index contributed by atoms with van der Waals surface area (Å²) in [4.78, 5) is 4.51. The lowest BCUT2D eigenvalue weighted by Crippen LogP contribution is -2.09. The molecule has 6 nitrogen and oxygen atoms in total. The largest absolute Gasteiger partial charge is 0.464 e. The monoisotopic (exact) mass is 307 g/mol. The quantitative estimate of drug-likeness (QED) is 0.567. The SMILES string of the molecule is CCCn1cnnc1Cn1ccnc1-c1ccc2occc2c1. The summed E-state index contributed by atoms with van der Waals surface area (Å²) in [5.41, 5.74) is 1.94. The number of aromatic nitrogens is 5. The van der Waals surface area contributed by atoms with Crippen molar-refractivity contribution in [3.63, 3.8) is 0 Å². The molecule has 0 N–H and O–H groups in total. The molecular weight excluding hydrogens is 290 g/mol. The molecule has 0 spiro atoms. The number of aryl methyl sites for hydroxylation is 1. The lowest BCUT2D eigenvalue weighted by molar-refractivity contribution is 0.613. The number of nitrogens with zero attached hydrogens (tertiary/aromatic N) is 5. The van der Waals surface area contributed by atoms with Gasteiger partial charge in [-0.1, -0.05) is 6.92 Å². The highest BCUT2D eigenvalue weighted by atomic mass is 16.3. The Balaban J connectivity index is 1.69. The van der Waals surface area contributed by atoms with Gasteiger partial charge >= 0.3 is 0 Å². The van der Waals surface area contributed by atoms with E-state index in [0.29, 0.717) is 6.54 Å². The van der Waals surface area contributed by atoms with E-state index in [-0.39, 0.29) is 0 Å². The predicted molar refractivity (Wildman–Crippen MR) is 86.9 cm³/mol. The van der Waals surface area contributed by atoms with Gasteiger partial charge in [0, 0.05) is 29.9 Å². The molecule has 0 aliphatic carbocycles. The third-order valence-corrected chi connectivity index (χ3v) is 3.90. The Bertz CT molecular complexity index is 933. The van der Waals surface area contributed by atoms with Crippen molar-refractivity contribution < 1.29 is 4.42 Å². The fourth-order valence-corrected chi connectivity index (χ4v) is 2.78. The van der Waals surface area contributed by atoms with E-state index in [1.165, 1.54) is 0 Å². The maximum atomic E-state index is 5.40. The molecule has 6 heteroatoms. The fourth-order valence-electron chi connectivity index (χ4n) is 2.78. The summed E-state index contributed by atoms with van der Waals surface area (Å²) < 4.78 is 9.58. The van der Waals surface area contributed by atoms with E-state index in [1.807, 2.05) is 30.6 Å². The highest BCUT2D eigenvalue weighted by Crippen LogP contribution is 2.24. The third-order valence-electron chi connectivity index (χ3n) is 3.90. The van der Waals surface area contributed by atoms with Crippen LogP contribution in [0.1, 0.15) is 19.2 Å². The van der Waals surface area contributed by atoms with E-state index < -0.39 is 0 Å². The van der Waals surface area contributed by atoms with Gasteiger partial charge in [0.2, 0.25) is 0 Å². The summed E-state index contributed by atoms with van der Waals surface area (Å²) in [7, 11) is 0. The van der Waals surface area contributed by atoms with Crippen molar-refractivity contribution in [3.8, 4) is 11.4 Å². The number of benzene rings is 1. The van der Waals surface area contributed by atoms with Gasteiger partial charge in [-0.2, -0.15) is 0 Å². The topological polar surface area (TPSA) is 61.7 Å². The van der Waals surface area contributed by atoms with Crippen LogP contribution in [0, 0.1) is 0 Å². The van der Waals surface area contributed by atoms with Gasteiger partial charge in [-0.3, -0.25) is 0 Å². The number of furan rings is 1. The second-order valence-electron chi connectivity index (χ2n) is 5.49. The van der Waals surface area contributed by atoms with Crippen molar-refractivity contribution in [1.82, 2.24) is 24.3 Å². The van der Waals surface area contributed by atoms with Crippen molar-refractivity contribution >= 4 is 11.0 Å². The van der Waals surface area contributed by atoms with Gasteiger partial charge in [0.1, 0.15) is 17.7 Å². The molecular formula is C17H17N5O. The molecule has 0 saturated carbocycles. The molecule has 4 rings (SSSR count). The van der Waals surface area contributed by atoms with Crippen LogP contribution in [-0.2, 0) is 13.1 Å². The number of hydrogen-bond donors (Lipinski definition) is 0. The zero-order chi connectivity index (χ0) is 15.6. The van der Waals surface area contributed by atoms with Crippen LogP contribution in [0.15, 0.2) is 53.7 Å². The van der Waals surface area contributed by atoms with Crippen LogP contribution in [0.25, 0.3) is 22.4 Å². The Morgan fingerprint density at radius 2 is 2.13 bits per heavy atom. The van der Waals surface area contributed by atoms with Gasteiger partial charge in [-0.15, -0.1) is 10.2 Å². The van der Waals surface area contributed by atoms with Gasteiger partial charge in [0.15, 0.2) is 5.82 Å². The van der Waals surface area contributed by atoms with Crippen LogP contribution in [0.4, 0.5) is 0 Å². The van der Waals surface area contributed by atoms with Crippen LogP contribution in [0.3, 0.4) is 0 Å². The lowest BCUT2D eigenvalue weighted by atomic mass is 10.1. The zero-order valence-corrected chi connectivity index (χ0v) is 12.9. The van der Waals surface area contributed by atoms with E-state index in [4.69, 9.17) is 4.42 Å². The van der Waals surface area contributed by atoms with Gasteiger partial charge in [-0.25, -0.2) is 4.98 Å². The number of fused-ring (bicyclic) bond motifs is 1. The zero-order valence-electron chi connectivity index (χ0n) is 12.9. The van der Waals surface area contributed by atoms with Crippen LogP contribution in [0.2, 0.25) is 0 Å². The maximum absolute atomic E-state index is 5.40. The minimum Gasteiger partial charge on any atom is -0.464 e. The smallest absolute Gasteiger partial charge is 0.152 e. The minimum absolute atomic E-state index is 0.652. The molecule has 3 aromatic heterocycles. The summed E-state index contributed by atoms with van der Waals surface area (Å²) in [5, 5.41) is 9.34. The molecule has 4 aromatic rings. The summed E-state index contributed by atoms with van der Waals surface area (Å²) >= 11 is 0. The molecule has 0 unspecified atom stereocenters. The first-order valence-corrected chi connectivity index (χ1v) is 7.70. The average Bonchev–Trinajstić information content (AvgIpc) is 3.28. The van der Waals surface area contributed by atoms with Crippen molar-refractivity contribution in [2.24, 2.45) is 0 Å². The molecule has 0 saturated heterocycles. The van der Waals surface area contributed by atoms with E-state index in [0.717, 1.165) is 41.1 Å². The molecule has 0 bridgehead atoms. The van der Waals surface area contributed by atoms with Gasteiger partial charge in [0.25, 0.3) is 0 Å². The van der Waals surface area contributed by atoms with E-state index in [9.17, 15) is 0 Å². The van der Waals surface area contributed by atoms with Crippen molar-refractivity contribution in [2.45, 2.75) is 26.4 Å². The molecule has 116 valence electrons. The fraction of sp³-hybridized carbons (Fsp3) is 0.235. The van der Waals surface area contributed by atoms with Crippen molar-refractivity contribution in [2.75, 3.05) is 0 Å². The third kappa shape index (κ3) is 2.52. The summed E-state index contributed by atoms with van der Waals surface area (Å²) in [5.74, 6) is 1.86. The van der Waals surface area contributed by atoms with Crippen LogP contribution < -0.4 is 0 Å². The molecule has 0 atom stereocenters. The first kappa shape index (κ1) is 13.8. The Morgan fingerprint density at radius 1 is 1.17 bits per heavy atom. The predicted octanol–water partition coefficient (Wildman–Crippen LogP) is 3.35. The first-order valence-electron chi connectivity index (χ1n) is 7.70.